The molecule has 21 heavy (non-hydrogen) atoms. The van der Waals surface area contributed by atoms with Crippen LogP contribution in [0.5, 0.6) is 0 Å². The Hall–Kier alpha value is -1.59. The second kappa shape index (κ2) is 6.45. The van der Waals surface area contributed by atoms with Gasteiger partial charge in [0.1, 0.15) is 0 Å². The Balaban J connectivity index is 0.00000220. The van der Waals surface area contributed by atoms with Crippen LogP contribution in [-0.2, 0) is 14.4 Å². The Morgan fingerprint density at radius 2 is 1.95 bits per heavy atom. The molecule has 1 saturated heterocycles. The minimum absolute atomic E-state index is 0. The Morgan fingerprint density at radius 3 is 2.38 bits per heavy atom. The lowest BCUT2D eigenvalue weighted by Gasteiger charge is -2.51. The molecule has 0 aromatic heterocycles. The molecule has 1 heterocycles. The second-order valence-corrected chi connectivity index (χ2v) is 6.35. The fourth-order valence-corrected chi connectivity index (χ4v) is 3.12. The number of nitrogens with zero attached hydrogens (tertiary/aromatic N) is 1. The van der Waals surface area contributed by atoms with Crippen molar-refractivity contribution < 1.29 is 14.4 Å². The number of carbonyl (C=O) groups is 3. The number of hydrogen-bond donors (Lipinski definition) is 2. The molecule has 120 valence electrons. The van der Waals surface area contributed by atoms with Crippen LogP contribution in [0.25, 0.3) is 0 Å². The van der Waals surface area contributed by atoms with E-state index in [4.69, 9.17) is 5.73 Å². The maximum atomic E-state index is 12.1. The number of β-lactam (4-membered cyclic amide) rings is 1. The van der Waals surface area contributed by atoms with Gasteiger partial charge in [-0.2, -0.15) is 0 Å². The standard InChI is InChI=1S/C14H23N3O3.CH4/c1-9(2)12(19)16-10-3-5-14(6-4-10)8-17(13(14)20)7-11(15)18;/h9-10H,3-8H2,1-2H3,(H2,15,18)(H,16,19);1H4. The van der Waals surface area contributed by atoms with Crippen LogP contribution in [0.15, 0.2) is 0 Å². The molecule has 0 bridgehead atoms. The predicted molar refractivity (Wildman–Crippen MR) is 80.2 cm³/mol. The average Bonchev–Trinajstić information content (AvgIpc) is 2.39. The van der Waals surface area contributed by atoms with E-state index in [1.165, 1.54) is 4.90 Å². The van der Waals surface area contributed by atoms with Crippen molar-refractivity contribution >= 4 is 17.7 Å². The first-order valence-corrected chi connectivity index (χ1v) is 7.22. The zero-order valence-electron chi connectivity index (χ0n) is 12.1. The monoisotopic (exact) mass is 297 g/mol. The summed E-state index contributed by atoms with van der Waals surface area (Å²) in [5.41, 5.74) is 4.81. The Bertz CT molecular complexity index is 426. The Kier molecular flexibility index (Phi) is 5.36. The third-order valence-corrected chi connectivity index (χ3v) is 4.39. The Morgan fingerprint density at radius 1 is 1.38 bits per heavy atom. The van der Waals surface area contributed by atoms with Crippen molar-refractivity contribution in [3.63, 3.8) is 0 Å². The summed E-state index contributed by atoms with van der Waals surface area (Å²) < 4.78 is 0. The molecule has 3 amide bonds. The third-order valence-electron chi connectivity index (χ3n) is 4.39. The first-order chi connectivity index (χ1) is 9.34. The van der Waals surface area contributed by atoms with E-state index in [0.717, 1.165) is 25.7 Å². The predicted octanol–water partition coefficient (Wildman–Crippen LogP) is 0.651. The van der Waals surface area contributed by atoms with Crippen LogP contribution in [0.3, 0.4) is 0 Å². The number of carbonyl (C=O) groups excluding carboxylic acids is 3. The van der Waals surface area contributed by atoms with Gasteiger partial charge in [0.05, 0.1) is 12.0 Å². The van der Waals surface area contributed by atoms with Gasteiger partial charge in [-0.05, 0) is 25.7 Å². The van der Waals surface area contributed by atoms with Gasteiger partial charge in [0.15, 0.2) is 0 Å². The SMILES string of the molecule is C.CC(C)C(=O)NC1CCC2(CC1)CN(CC(N)=O)C2=O. The molecule has 3 N–H and O–H groups in total. The molecule has 2 rings (SSSR count). The van der Waals surface area contributed by atoms with Gasteiger partial charge in [-0.1, -0.05) is 21.3 Å². The summed E-state index contributed by atoms with van der Waals surface area (Å²) in [6.07, 6.45) is 3.22. The van der Waals surface area contributed by atoms with E-state index < -0.39 is 5.91 Å². The maximum Gasteiger partial charge on any atom is 0.237 e. The zero-order valence-corrected chi connectivity index (χ0v) is 12.1. The summed E-state index contributed by atoms with van der Waals surface area (Å²) in [6, 6.07) is 0.175. The highest BCUT2D eigenvalue weighted by atomic mass is 16.2. The third kappa shape index (κ3) is 3.54. The zero-order chi connectivity index (χ0) is 14.9. The molecule has 6 heteroatoms. The number of nitrogens with one attached hydrogen (secondary N) is 1. The van der Waals surface area contributed by atoms with Crippen molar-refractivity contribution in [2.45, 2.75) is 53.0 Å². The van der Waals surface area contributed by atoms with Crippen molar-refractivity contribution in [2.75, 3.05) is 13.1 Å². The largest absolute Gasteiger partial charge is 0.368 e. The highest BCUT2D eigenvalue weighted by molar-refractivity contribution is 5.92. The summed E-state index contributed by atoms with van der Waals surface area (Å²) in [4.78, 5) is 36.2. The maximum absolute atomic E-state index is 12.1. The number of nitrogens with two attached hydrogens (primary N) is 1. The van der Waals surface area contributed by atoms with Crippen molar-refractivity contribution in [3.05, 3.63) is 0 Å². The quantitative estimate of drug-likeness (QED) is 0.746. The summed E-state index contributed by atoms with van der Waals surface area (Å²) >= 11 is 0. The van der Waals surface area contributed by atoms with Gasteiger partial charge in [0.25, 0.3) is 0 Å². The lowest BCUT2D eigenvalue weighted by Crippen LogP contribution is -2.64. The average molecular weight is 297 g/mol. The van der Waals surface area contributed by atoms with E-state index in [-0.39, 0.29) is 43.2 Å². The van der Waals surface area contributed by atoms with Crippen LogP contribution in [0.4, 0.5) is 0 Å². The molecule has 0 atom stereocenters. The lowest BCUT2D eigenvalue weighted by atomic mass is 9.66. The van der Waals surface area contributed by atoms with Crippen LogP contribution in [0.2, 0.25) is 0 Å². The molecule has 6 nitrogen and oxygen atoms in total. The molecule has 0 radical (unpaired) electrons. The second-order valence-electron chi connectivity index (χ2n) is 6.35. The van der Waals surface area contributed by atoms with Gasteiger partial charge in [0, 0.05) is 18.5 Å². The van der Waals surface area contributed by atoms with Gasteiger partial charge in [-0.25, -0.2) is 0 Å². The molecule has 1 aliphatic carbocycles. The molecular formula is C15H27N3O3. The summed E-state index contributed by atoms with van der Waals surface area (Å²) in [5, 5.41) is 3.02. The van der Waals surface area contributed by atoms with E-state index in [0.29, 0.717) is 6.54 Å². The molecule has 1 saturated carbocycles. The molecule has 2 fully saturated rings. The van der Waals surface area contributed by atoms with Crippen LogP contribution < -0.4 is 11.1 Å². The fourth-order valence-electron chi connectivity index (χ4n) is 3.12. The van der Waals surface area contributed by atoms with Crippen molar-refractivity contribution in [1.29, 1.82) is 0 Å². The summed E-state index contributed by atoms with van der Waals surface area (Å²) in [7, 11) is 0. The van der Waals surface area contributed by atoms with E-state index in [1.807, 2.05) is 13.8 Å². The molecule has 2 aliphatic rings. The molecule has 0 aromatic rings. The fraction of sp³-hybridized carbons (Fsp3) is 0.800. The van der Waals surface area contributed by atoms with Crippen LogP contribution in [-0.4, -0.2) is 41.8 Å². The molecule has 0 unspecified atom stereocenters. The number of rotatable bonds is 4. The van der Waals surface area contributed by atoms with Crippen LogP contribution in [0.1, 0.15) is 47.0 Å². The normalized spacial score (nSPS) is 28.0. The molecule has 0 aromatic carbocycles. The number of amides is 3. The minimum Gasteiger partial charge on any atom is -0.368 e. The highest BCUT2D eigenvalue weighted by Gasteiger charge is 2.53. The van der Waals surface area contributed by atoms with Crippen molar-refractivity contribution in [3.8, 4) is 0 Å². The number of likely N-dealkylation sites (tertiary alicyclic amines) is 1. The topological polar surface area (TPSA) is 92.5 Å². The molecule has 1 spiro atoms. The smallest absolute Gasteiger partial charge is 0.237 e. The Labute approximate surface area is 126 Å². The van der Waals surface area contributed by atoms with E-state index >= 15 is 0 Å². The van der Waals surface area contributed by atoms with E-state index in [1.54, 1.807) is 0 Å². The minimum atomic E-state index is -0.467. The molecular weight excluding hydrogens is 270 g/mol. The number of primary amides is 1. The van der Waals surface area contributed by atoms with Gasteiger partial charge < -0.3 is 16.0 Å². The van der Waals surface area contributed by atoms with Crippen LogP contribution in [0, 0.1) is 11.3 Å². The highest BCUT2D eigenvalue weighted by Crippen LogP contribution is 2.44. The number of hydrogen-bond acceptors (Lipinski definition) is 3. The molecule has 1 aliphatic heterocycles. The van der Waals surface area contributed by atoms with E-state index in [9.17, 15) is 14.4 Å². The van der Waals surface area contributed by atoms with Crippen LogP contribution >= 0.6 is 0 Å². The van der Waals surface area contributed by atoms with Gasteiger partial charge in [-0.3, -0.25) is 14.4 Å². The first-order valence-electron chi connectivity index (χ1n) is 7.22. The van der Waals surface area contributed by atoms with Gasteiger partial charge in [0.2, 0.25) is 17.7 Å². The van der Waals surface area contributed by atoms with Gasteiger partial charge >= 0.3 is 0 Å². The van der Waals surface area contributed by atoms with Crippen molar-refractivity contribution in [1.82, 2.24) is 10.2 Å². The van der Waals surface area contributed by atoms with E-state index in [2.05, 4.69) is 5.32 Å². The first kappa shape index (κ1) is 17.5. The lowest BCUT2D eigenvalue weighted by molar-refractivity contribution is -0.165. The van der Waals surface area contributed by atoms with Crippen molar-refractivity contribution in [2.24, 2.45) is 17.1 Å². The summed E-state index contributed by atoms with van der Waals surface area (Å²) in [5.74, 6) is -0.362. The summed E-state index contributed by atoms with van der Waals surface area (Å²) in [6.45, 7) is 4.39. The van der Waals surface area contributed by atoms with Gasteiger partial charge in [-0.15, -0.1) is 0 Å².